The van der Waals surface area contributed by atoms with Gasteiger partial charge in [-0.3, -0.25) is 4.79 Å². The van der Waals surface area contributed by atoms with Crippen LogP contribution in [0.4, 0.5) is 5.69 Å². The Labute approximate surface area is 227 Å². The number of nitrogens with two attached hydrogens (primary N) is 1. The quantitative estimate of drug-likeness (QED) is 0.326. The van der Waals surface area contributed by atoms with Gasteiger partial charge in [-0.2, -0.15) is 4.31 Å². The van der Waals surface area contributed by atoms with Gasteiger partial charge in [0.15, 0.2) is 0 Å². The number of hydrogen-bond donors (Lipinski definition) is 1. The number of nitrogens with zero attached hydrogens (tertiary/aromatic N) is 2. The number of carbonyl (C=O) groups is 2. The summed E-state index contributed by atoms with van der Waals surface area (Å²) in [6.45, 7) is 0.683. The van der Waals surface area contributed by atoms with Crippen molar-refractivity contribution in [3.05, 3.63) is 105 Å². The number of carbonyl (C=O) groups excluding carboxylic acids is 2. The molecule has 1 unspecified atom stereocenters. The fourth-order valence-corrected chi connectivity index (χ4v) is 5.61. The molecule has 1 aliphatic heterocycles. The molecule has 3 aromatic carbocycles. The second kappa shape index (κ2) is 11.8. The van der Waals surface area contributed by atoms with E-state index >= 15 is 0 Å². The van der Waals surface area contributed by atoms with E-state index < -0.39 is 16.0 Å². The van der Waals surface area contributed by atoms with Crippen molar-refractivity contribution >= 4 is 45.3 Å². The fourth-order valence-electron chi connectivity index (χ4n) is 4.24. The number of anilines is 1. The van der Waals surface area contributed by atoms with Crippen LogP contribution in [0.15, 0.2) is 78.2 Å². The monoisotopic (exact) mass is 553 g/mol. The maximum absolute atomic E-state index is 13.6. The number of amides is 1. The molecule has 1 saturated heterocycles. The highest BCUT2D eigenvalue weighted by atomic mass is 35.5. The summed E-state index contributed by atoms with van der Waals surface area (Å²) in [7, 11) is -2.39. The Hall–Kier alpha value is -3.66. The zero-order valence-corrected chi connectivity index (χ0v) is 22.4. The molecule has 1 atom stereocenters. The van der Waals surface area contributed by atoms with Crippen LogP contribution in [0.1, 0.15) is 38.3 Å². The van der Waals surface area contributed by atoms with Crippen LogP contribution in [0.25, 0.3) is 6.08 Å². The molecule has 1 heterocycles. The van der Waals surface area contributed by atoms with Gasteiger partial charge in [0, 0.05) is 47.4 Å². The number of methoxy groups -OCH3 is 1. The first kappa shape index (κ1) is 27.4. The van der Waals surface area contributed by atoms with Crippen LogP contribution in [0.2, 0.25) is 5.02 Å². The number of ether oxygens (including phenoxy) is 1. The molecule has 1 fully saturated rings. The summed E-state index contributed by atoms with van der Waals surface area (Å²) in [5, 5.41) is 1.74. The number of halogens is 1. The number of nitrogen functional groups attached to an aromatic ring is 1. The Morgan fingerprint density at radius 2 is 1.66 bits per heavy atom. The van der Waals surface area contributed by atoms with E-state index in [-0.39, 0.29) is 31.6 Å². The zero-order chi connectivity index (χ0) is 27.3. The highest BCUT2D eigenvalue weighted by Gasteiger charge is 2.35. The maximum atomic E-state index is 13.6. The van der Waals surface area contributed by atoms with Crippen LogP contribution in [0, 0.1) is 0 Å². The molecular formula is C28H28ClN3O5S. The van der Waals surface area contributed by atoms with Crippen LogP contribution in [-0.2, 0) is 21.3 Å². The molecule has 0 aromatic heterocycles. The average Bonchev–Trinajstić information content (AvgIpc) is 3.42. The third kappa shape index (κ3) is 6.61. The molecule has 198 valence electrons. The van der Waals surface area contributed by atoms with E-state index in [4.69, 9.17) is 22.1 Å². The lowest BCUT2D eigenvalue weighted by molar-refractivity contribution is 0.0599. The van der Waals surface area contributed by atoms with Gasteiger partial charge >= 0.3 is 5.97 Å². The summed E-state index contributed by atoms with van der Waals surface area (Å²) >= 11 is 5.91. The fraction of sp³-hybridized carbons (Fsp3) is 0.214. The second-order valence-corrected chi connectivity index (χ2v) is 11.2. The minimum Gasteiger partial charge on any atom is -0.465 e. The van der Waals surface area contributed by atoms with Crippen molar-refractivity contribution in [1.29, 1.82) is 0 Å². The van der Waals surface area contributed by atoms with Gasteiger partial charge in [-0.1, -0.05) is 35.9 Å². The van der Waals surface area contributed by atoms with E-state index in [1.165, 1.54) is 22.9 Å². The van der Waals surface area contributed by atoms with Crippen molar-refractivity contribution in [3.63, 3.8) is 0 Å². The van der Waals surface area contributed by atoms with Crippen LogP contribution in [-0.4, -0.2) is 55.7 Å². The smallest absolute Gasteiger partial charge is 0.337 e. The highest BCUT2D eigenvalue weighted by Crippen LogP contribution is 2.25. The summed E-state index contributed by atoms with van der Waals surface area (Å²) in [5.74, 6) is -0.683. The zero-order valence-electron chi connectivity index (χ0n) is 20.8. The van der Waals surface area contributed by atoms with Gasteiger partial charge in [0.25, 0.3) is 5.91 Å². The molecule has 0 saturated carbocycles. The Balaban J connectivity index is 1.55. The minimum atomic E-state index is -3.71. The largest absolute Gasteiger partial charge is 0.465 e. The van der Waals surface area contributed by atoms with E-state index in [0.717, 1.165) is 5.56 Å². The second-order valence-electron chi connectivity index (χ2n) is 8.94. The van der Waals surface area contributed by atoms with Crippen molar-refractivity contribution in [1.82, 2.24) is 9.21 Å². The first-order valence-electron chi connectivity index (χ1n) is 11.9. The van der Waals surface area contributed by atoms with Crippen molar-refractivity contribution in [2.45, 2.75) is 19.0 Å². The van der Waals surface area contributed by atoms with E-state index in [9.17, 15) is 18.0 Å². The van der Waals surface area contributed by atoms with Crippen molar-refractivity contribution in [3.8, 4) is 0 Å². The third-order valence-electron chi connectivity index (χ3n) is 6.38. The Morgan fingerprint density at radius 3 is 2.29 bits per heavy atom. The molecule has 4 rings (SSSR count). The molecule has 1 aliphatic rings. The van der Waals surface area contributed by atoms with Gasteiger partial charge in [0.05, 0.1) is 12.7 Å². The topological polar surface area (TPSA) is 110 Å². The summed E-state index contributed by atoms with van der Waals surface area (Å²) in [6, 6.07) is 19.9. The SMILES string of the molecule is COC(=O)c1ccc(CN(C(=O)c2ccc(N)cc2)C2CCN(S(=O)(=O)C=Cc3ccc(Cl)cc3)C2)cc1. The van der Waals surface area contributed by atoms with Gasteiger partial charge < -0.3 is 15.4 Å². The normalized spacial score (nSPS) is 16.0. The van der Waals surface area contributed by atoms with Gasteiger partial charge in [-0.05, 0) is 72.2 Å². The molecule has 10 heteroatoms. The number of rotatable bonds is 8. The maximum Gasteiger partial charge on any atom is 0.337 e. The van der Waals surface area contributed by atoms with Gasteiger partial charge in [0.1, 0.15) is 0 Å². The number of hydrogen-bond acceptors (Lipinski definition) is 6. The van der Waals surface area contributed by atoms with Crippen LogP contribution < -0.4 is 5.73 Å². The Bertz CT molecular complexity index is 1420. The van der Waals surface area contributed by atoms with Crippen LogP contribution in [0.5, 0.6) is 0 Å². The molecule has 0 aliphatic carbocycles. The predicted octanol–water partition coefficient (Wildman–Crippen LogP) is 4.43. The molecule has 0 bridgehead atoms. The van der Waals surface area contributed by atoms with Crippen molar-refractivity contribution in [2.75, 3.05) is 25.9 Å². The lowest BCUT2D eigenvalue weighted by Gasteiger charge is -2.29. The lowest BCUT2D eigenvalue weighted by Crippen LogP contribution is -2.42. The molecule has 8 nitrogen and oxygen atoms in total. The van der Waals surface area contributed by atoms with Crippen LogP contribution in [0.3, 0.4) is 0 Å². The van der Waals surface area contributed by atoms with Crippen LogP contribution >= 0.6 is 11.6 Å². The number of benzene rings is 3. The summed E-state index contributed by atoms with van der Waals surface area (Å²) in [6.07, 6.45) is 2.01. The van der Waals surface area contributed by atoms with Gasteiger partial charge in [0.2, 0.25) is 10.0 Å². The van der Waals surface area contributed by atoms with E-state index in [1.807, 2.05) is 0 Å². The molecular weight excluding hydrogens is 526 g/mol. The average molecular weight is 554 g/mol. The molecule has 38 heavy (non-hydrogen) atoms. The van der Waals surface area contributed by atoms with Crippen molar-refractivity contribution < 1.29 is 22.7 Å². The summed E-state index contributed by atoms with van der Waals surface area (Å²) in [4.78, 5) is 27.1. The first-order chi connectivity index (χ1) is 18.2. The first-order valence-corrected chi connectivity index (χ1v) is 13.8. The molecule has 2 N–H and O–H groups in total. The van der Waals surface area contributed by atoms with E-state index in [0.29, 0.717) is 33.8 Å². The number of esters is 1. The van der Waals surface area contributed by atoms with Gasteiger partial charge in [-0.25, -0.2) is 13.2 Å². The molecule has 0 radical (unpaired) electrons. The standard InChI is InChI=1S/C28H28ClN3O5S/c1-37-28(34)23-6-2-21(3-7-23)18-32(27(33)22-8-12-25(30)13-9-22)26-14-16-31(19-26)38(35,36)17-15-20-4-10-24(29)11-5-20/h2-13,15,17,26H,14,16,18-19,30H2,1H3. The predicted molar refractivity (Wildman–Crippen MR) is 148 cm³/mol. The van der Waals surface area contributed by atoms with Gasteiger partial charge in [-0.15, -0.1) is 0 Å². The Kier molecular flexibility index (Phi) is 8.51. The molecule has 0 spiro atoms. The Morgan fingerprint density at radius 1 is 1.03 bits per heavy atom. The third-order valence-corrected chi connectivity index (χ3v) is 8.16. The summed E-state index contributed by atoms with van der Waals surface area (Å²) in [5.41, 5.74) is 8.70. The lowest BCUT2D eigenvalue weighted by atomic mass is 10.1. The van der Waals surface area contributed by atoms with E-state index in [1.54, 1.807) is 77.7 Å². The van der Waals surface area contributed by atoms with Crippen molar-refractivity contribution in [2.24, 2.45) is 0 Å². The van der Waals surface area contributed by atoms with E-state index in [2.05, 4.69) is 0 Å². The summed E-state index contributed by atoms with van der Waals surface area (Å²) < 4.78 is 32.3. The number of sulfonamides is 1. The highest BCUT2D eigenvalue weighted by molar-refractivity contribution is 7.92. The minimum absolute atomic E-state index is 0.161. The molecule has 3 aromatic rings. The molecule has 1 amide bonds.